The molecule has 0 aromatic carbocycles. The third kappa shape index (κ3) is 7.06. The Morgan fingerprint density at radius 3 is 2.75 bits per heavy atom. The Kier molecular flexibility index (Phi) is 6.07. The number of rotatable bonds is 5. The molecule has 0 N–H and O–H groups in total. The standard InChI is InChI=1S/C10H16O2/c1-9(2)7-5-4-6-8-10(11)12-3/h5,7H,1,4,6,8H2,2-3H3/b7-5+. The highest BCUT2D eigenvalue weighted by Crippen LogP contribution is 1.99. The van der Waals surface area contributed by atoms with Gasteiger partial charge in [0.2, 0.25) is 0 Å². The molecule has 0 unspecified atom stereocenters. The van der Waals surface area contributed by atoms with Crippen LogP contribution in [0.2, 0.25) is 0 Å². The highest BCUT2D eigenvalue weighted by Gasteiger charge is 1.96. The predicted molar refractivity (Wildman–Crippen MR) is 49.8 cm³/mol. The van der Waals surface area contributed by atoms with Gasteiger partial charge in [0.15, 0.2) is 0 Å². The first-order valence-corrected chi connectivity index (χ1v) is 4.05. The van der Waals surface area contributed by atoms with Gasteiger partial charge in [-0.05, 0) is 19.8 Å². The third-order valence-electron chi connectivity index (χ3n) is 1.38. The molecule has 0 bridgehead atoms. The van der Waals surface area contributed by atoms with E-state index in [0.717, 1.165) is 18.4 Å². The Morgan fingerprint density at radius 2 is 2.25 bits per heavy atom. The van der Waals surface area contributed by atoms with Gasteiger partial charge in [-0.15, -0.1) is 0 Å². The Balaban J connectivity index is 3.33. The van der Waals surface area contributed by atoms with Crippen LogP contribution in [-0.4, -0.2) is 13.1 Å². The van der Waals surface area contributed by atoms with E-state index < -0.39 is 0 Å². The summed E-state index contributed by atoms with van der Waals surface area (Å²) in [5.74, 6) is -0.140. The summed E-state index contributed by atoms with van der Waals surface area (Å²) in [5.41, 5.74) is 1.04. The molecule has 2 heteroatoms. The minimum absolute atomic E-state index is 0.140. The number of unbranched alkanes of at least 4 members (excludes halogenated alkanes) is 1. The summed E-state index contributed by atoms with van der Waals surface area (Å²) in [6, 6.07) is 0. The minimum Gasteiger partial charge on any atom is -0.469 e. The summed E-state index contributed by atoms with van der Waals surface area (Å²) >= 11 is 0. The monoisotopic (exact) mass is 168 g/mol. The summed E-state index contributed by atoms with van der Waals surface area (Å²) in [5, 5.41) is 0. The molecule has 0 fully saturated rings. The maximum atomic E-state index is 10.6. The second-order valence-electron chi connectivity index (χ2n) is 2.72. The van der Waals surface area contributed by atoms with Gasteiger partial charge in [0.25, 0.3) is 0 Å². The van der Waals surface area contributed by atoms with Gasteiger partial charge in [-0.25, -0.2) is 0 Å². The van der Waals surface area contributed by atoms with Gasteiger partial charge in [-0.1, -0.05) is 24.3 Å². The van der Waals surface area contributed by atoms with Crippen molar-refractivity contribution in [2.75, 3.05) is 7.11 Å². The molecular formula is C10H16O2. The van der Waals surface area contributed by atoms with Crippen LogP contribution >= 0.6 is 0 Å². The molecule has 68 valence electrons. The molecule has 0 aliphatic rings. The molecule has 0 atom stereocenters. The predicted octanol–water partition coefficient (Wildman–Crippen LogP) is 2.46. The highest BCUT2D eigenvalue weighted by molar-refractivity contribution is 5.69. The van der Waals surface area contributed by atoms with E-state index in [9.17, 15) is 4.79 Å². The lowest BCUT2D eigenvalue weighted by molar-refractivity contribution is -0.140. The van der Waals surface area contributed by atoms with Crippen molar-refractivity contribution in [3.63, 3.8) is 0 Å². The van der Waals surface area contributed by atoms with Gasteiger partial charge < -0.3 is 4.74 Å². The van der Waals surface area contributed by atoms with E-state index >= 15 is 0 Å². The zero-order chi connectivity index (χ0) is 9.40. The van der Waals surface area contributed by atoms with Crippen LogP contribution in [-0.2, 0) is 9.53 Å². The molecule has 0 rings (SSSR count). The first kappa shape index (κ1) is 11.0. The number of methoxy groups -OCH3 is 1. The van der Waals surface area contributed by atoms with Crippen LogP contribution < -0.4 is 0 Å². The second kappa shape index (κ2) is 6.65. The quantitative estimate of drug-likeness (QED) is 0.358. The molecule has 2 nitrogen and oxygen atoms in total. The molecule has 0 spiro atoms. The normalized spacial score (nSPS) is 10.2. The lowest BCUT2D eigenvalue weighted by Crippen LogP contribution is -1.98. The second-order valence-corrected chi connectivity index (χ2v) is 2.72. The van der Waals surface area contributed by atoms with Crippen molar-refractivity contribution < 1.29 is 9.53 Å². The maximum absolute atomic E-state index is 10.6. The fourth-order valence-electron chi connectivity index (χ4n) is 0.751. The Bertz CT molecular complexity index is 180. The van der Waals surface area contributed by atoms with Gasteiger partial charge in [0.05, 0.1) is 7.11 Å². The highest BCUT2D eigenvalue weighted by atomic mass is 16.5. The molecule has 0 amide bonds. The molecule has 0 saturated carbocycles. The summed E-state index contributed by atoms with van der Waals surface area (Å²) in [6.45, 7) is 5.67. The van der Waals surface area contributed by atoms with Gasteiger partial charge in [-0.2, -0.15) is 0 Å². The van der Waals surface area contributed by atoms with Crippen molar-refractivity contribution in [2.45, 2.75) is 26.2 Å². The summed E-state index contributed by atoms with van der Waals surface area (Å²) < 4.78 is 4.50. The van der Waals surface area contributed by atoms with E-state index in [1.54, 1.807) is 0 Å². The lowest BCUT2D eigenvalue weighted by atomic mass is 10.2. The topological polar surface area (TPSA) is 26.3 Å². The SMILES string of the molecule is C=C(C)/C=C/CCCC(=O)OC. The van der Waals surface area contributed by atoms with Gasteiger partial charge in [0, 0.05) is 6.42 Å². The van der Waals surface area contributed by atoms with Crippen molar-refractivity contribution in [2.24, 2.45) is 0 Å². The molecular weight excluding hydrogens is 152 g/mol. The number of hydrogen-bond acceptors (Lipinski definition) is 2. The first-order valence-electron chi connectivity index (χ1n) is 4.05. The van der Waals surface area contributed by atoms with Crippen LogP contribution in [0.5, 0.6) is 0 Å². The number of allylic oxidation sites excluding steroid dienone is 3. The molecule has 0 saturated heterocycles. The van der Waals surface area contributed by atoms with E-state index in [1.807, 2.05) is 19.1 Å². The summed E-state index contributed by atoms with van der Waals surface area (Å²) in [4.78, 5) is 10.6. The van der Waals surface area contributed by atoms with Crippen molar-refractivity contribution >= 4 is 5.97 Å². The molecule has 0 aliphatic heterocycles. The third-order valence-corrected chi connectivity index (χ3v) is 1.38. The number of esters is 1. The van der Waals surface area contributed by atoms with Crippen molar-refractivity contribution in [1.29, 1.82) is 0 Å². The average Bonchev–Trinajstić information content (AvgIpc) is 2.03. The van der Waals surface area contributed by atoms with Gasteiger partial charge >= 0.3 is 5.97 Å². The molecule has 0 radical (unpaired) electrons. The molecule has 12 heavy (non-hydrogen) atoms. The lowest BCUT2D eigenvalue weighted by Gasteiger charge is -1.95. The van der Waals surface area contributed by atoms with Crippen LogP contribution in [0.25, 0.3) is 0 Å². The van der Waals surface area contributed by atoms with Gasteiger partial charge in [-0.3, -0.25) is 4.79 Å². The van der Waals surface area contributed by atoms with E-state index in [4.69, 9.17) is 0 Å². The molecule has 0 aromatic rings. The number of carbonyl (C=O) groups excluding carboxylic acids is 1. The van der Waals surface area contributed by atoms with Crippen molar-refractivity contribution in [3.05, 3.63) is 24.3 Å². The van der Waals surface area contributed by atoms with Crippen LogP contribution in [0, 0.1) is 0 Å². The summed E-state index contributed by atoms with van der Waals surface area (Å²) in [7, 11) is 1.41. The largest absolute Gasteiger partial charge is 0.469 e. The van der Waals surface area contributed by atoms with E-state index in [2.05, 4.69) is 11.3 Å². The fraction of sp³-hybridized carbons (Fsp3) is 0.500. The smallest absolute Gasteiger partial charge is 0.305 e. The molecule has 0 aliphatic carbocycles. The molecule has 0 aromatic heterocycles. The van der Waals surface area contributed by atoms with Crippen LogP contribution in [0.4, 0.5) is 0 Å². The first-order chi connectivity index (χ1) is 5.66. The van der Waals surface area contributed by atoms with E-state index in [1.165, 1.54) is 7.11 Å². The van der Waals surface area contributed by atoms with Gasteiger partial charge in [0.1, 0.15) is 0 Å². The van der Waals surface area contributed by atoms with Crippen molar-refractivity contribution in [3.8, 4) is 0 Å². The van der Waals surface area contributed by atoms with Crippen molar-refractivity contribution in [1.82, 2.24) is 0 Å². The molecule has 0 heterocycles. The Hall–Kier alpha value is -1.05. The minimum atomic E-state index is -0.140. The number of ether oxygens (including phenoxy) is 1. The average molecular weight is 168 g/mol. The fourth-order valence-corrected chi connectivity index (χ4v) is 0.751. The van der Waals surface area contributed by atoms with Crippen LogP contribution in [0.3, 0.4) is 0 Å². The Labute approximate surface area is 73.9 Å². The number of carbonyl (C=O) groups is 1. The zero-order valence-electron chi connectivity index (χ0n) is 7.80. The summed E-state index contributed by atoms with van der Waals surface area (Å²) in [6.07, 6.45) is 6.22. The Morgan fingerprint density at radius 1 is 1.58 bits per heavy atom. The van der Waals surface area contributed by atoms with Crippen LogP contribution in [0.15, 0.2) is 24.3 Å². The maximum Gasteiger partial charge on any atom is 0.305 e. The number of hydrogen-bond donors (Lipinski definition) is 0. The van der Waals surface area contributed by atoms with Crippen LogP contribution in [0.1, 0.15) is 26.2 Å². The zero-order valence-corrected chi connectivity index (χ0v) is 7.80. The van der Waals surface area contributed by atoms with E-state index in [-0.39, 0.29) is 5.97 Å². The van der Waals surface area contributed by atoms with E-state index in [0.29, 0.717) is 6.42 Å².